The second-order valence-corrected chi connectivity index (χ2v) is 4.32. The average molecular weight is 224 g/mol. The van der Waals surface area contributed by atoms with Gasteiger partial charge in [-0.05, 0) is 11.6 Å². The van der Waals surface area contributed by atoms with Gasteiger partial charge in [0.1, 0.15) is 0 Å². The molecule has 2 heterocycles. The summed E-state index contributed by atoms with van der Waals surface area (Å²) >= 11 is 0. The number of hydrogen-bond acceptors (Lipinski definition) is 3. The number of H-pyrrole nitrogens is 1. The van der Waals surface area contributed by atoms with Gasteiger partial charge in [0, 0.05) is 58.6 Å². The SMILES string of the molecule is COC1(CNCc2cc[nH]c2)CCOCC1. The van der Waals surface area contributed by atoms with Gasteiger partial charge < -0.3 is 19.8 Å². The van der Waals surface area contributed by atoms with Crippen LogP contribution in [0.3, 0.4) is 0 Å². The predicted octanol–water partition coefficient (Wildman–Crippen LogP) is 1.30. The zero-order valence-electron chi connectivity index (χ0n) is 9.79. The third-order valence-electron chi connectivity index (χ3n) is 3.28. The van der Waals surface area contributed by atoms with E-state index in [4.69, 9.17) is 9.47 Å². The number of nitrogens with one attached hydrogen (secondary N) is 2. The van der Waals surface area contributed by atoms with Crippen LogP contribution in [0.25, 0.3) is 0 Å². The van der Waals surface area contributed by atoms with Gasteiger partial charge in [0.05, 0.1) is 5.60 Å². The Balaban J connectivity index is 1.78. The van der Waals surface area contributed by atoms with E-state index in [-0.39, 0.29) is 5.60 Å². The molecule has 0 amide bonds. The first-order chi connectivity index (χ1) is 7.85. The summed E-state index contributed by atoms with van der Waals surface area (Å²) in [5.41, 5.74) is 1.24. The van der Waals surface area contributed by atoms with Gasteiger partial charge in [-0.15, -0.1) is 0 Å². The van der Waals surface area contributed by atoms with Crippen LogP contribution in [0.5, 0.6) is 0 Å². The molecule has 1 aliphatic rings. The average Bonchev–Trinajstić information content (AvgIpc) is 2.83. The Morgan fingerprint density at radius 1 is 1.50 bits per heavy atom. The van der Waals surface area contributed by atoms with Crippen LogP contribution >= 0.6 is 0 Å². The van der Waals surface area contributed by atoms with Crippen LogP contribution in [0.15, 0.2) is 18.5 Å². The standard InChI is InChI=1S/C12H20N2O2/c1-15-12(3-6-16-7-4-12)10-14-9-11-2-5-13-8-11/h2,5,8,13-14H,3-4,6-7,9-10H2,1H3. The van der Waals surface area contributed by atoms with Crippen molar-refractivity contribution in [2.24, 2.45) is 0 Å². The molecule has 0 spiro atoms. The third kappa shape index (κ3) is 2.84. The molecule has 0 bridgehead atoms. The number of hydrogen-bond donors (Lipinski definition) is 2. The number of aromatic amines is 1. The molecule has 0 unspecified atom stereocenters. The minimum Gasteiger partial charge on any atom is -0.381 e. The Hall–Kier alpha value is -0.840. The van der Waals surface area contributed by atoms with E-state index in [1.807, 2.05) is 12.4 Å². The minimum absolute atomic E-state index is 0.0332. The fraction of sp³-hybridized carbons (Fsp3) is 0.667. The molecule has 2 rings (SSSR count). The van der Waals surface area contributed by atoms with Gasteiger partial charge >= 0.3 is 0 Å². The first kappa shape index (κ1) is 11.6. The lowest BCUT2D eigenvalue weighted by Gasteiger charge is -2.36. The van der Waals surface area contributed by atoms with Crippen LogP contribution in [0.2, 0.25) is 0 Å². The molecule has 2 N–H and O–H groups in total. The van der Waals surface area contributed by atoms with Crippen molar-refractivity contribution in [3.8, 4) is 0 Å². The summed E-state index contributed by atoms with van der Waals surface area (Å²) in [7, 11) is 1.79. The molecular weight excluding hydrogens is 204 g/mol. The molecule has 0 aromatic carbocycles. The highest BCUT2D eigenvalue weighted by molar-refractivity contribution is 5.07. The van der Waals surface area contributed by atoms with E-state index in [1.165, 1.54) is 5.56 Å². The lowest BCUT2D eigenvalue weighted by Crippen LogP contribution is -2.46. The summed E-state index contributed by atoms with van der Waals surface area (Å²) in [5, 5.41) is 3.45. The van der Waals surface area contributed by atoms with Crippen LogP contribution in [0.4, 0.5) is 0 Å². The highest BCUT2D eigenvalue weighted by atomic mass is 16.5. The normalized spacial score (nSPS) is 19.8. The molecule has 1 aromatic rings. The van der Waals surface area contributed by atoms with Crippen LogP contribution in [-0.4, -0.2) is 37.5 Å². The van der Waals surface area contributed by atoms with Crippen LogP contribution < -0.4 is 5.32 Å². The topological polar surface area (TPSA) is 46.3 Å². The van der Waals surface area contributed by atoms with E-state index < -0.39 is 0 Å². The molecule has 4 nitrogen and oxygen atoms in total. The number of rotatable bonds is 5. The molecule has 0 aliphatic carbocycles. The number of aromatic nitrogens is 1. The van der Waals surface area contributed by atoms with Gasteiger partial charge in [-0.25, -0.2) is 0 Å². The summed E-state index contributed by atoms with van der Waals surface area (Å²) in [6, 6.07) is 2.08. The van der Waals surface area contributed by atoms with Gasteiger partial charge in [0.25, 0.3) is 0 Å². The molecule has 90 valence electrons. The molecule has 16 heavy (non-hydrogen) atoms. The first-order valence-corrected chi connectivity index (χ1v) is 5.80. The molecule has 4 heteroatoms. The van der Waals surface area contributed by atoms with Crippen molar-refractivity contribution in [1.29, 1.82) is 0 Å². The zero-order valence-corrected chi connectivity index (χ0v) is 9.79. The Bertz CT molecular complexity index is 292. The van der Waals surface area contributed by atoms with Crippen molar-refractivity contribution in [1.82, 2.24) is 10.3 Å². The van der Waals surface area contributed by atoms with E-state index >= 15 is 0 Å². The largest absolute Gasteiger partial charge is 0.381 e. The fourth-order valence-corrected chi connectivity index (χ4v) is 2.10. The molecule has 0 radical (unpaired) electrons. The van der Waals surface area contributed by atoms with Gasteiger partial charge in [-0.2, -0.15) is 0 Å². The summed E-state index contributed by atoms with van der Waals surface area (Å²) < 4.78 is 11.0. The van der Waals surface area contributed by atoms with Crippen molar-refractivity contribution >= 4 is 0 Å². The maximum Gasteiger partial charge on any atom is 0.0846 e. The van der Waals surface area contributed by atoms with E-state index in [0.717, 1.165) is 39.1 Å². The zero-order chi connectivity index (χ0) is 11.3. The van der Waals surface area contributed by atoms with Gasteiger partial charge in [0.15, 0.2) is 0 Å². The summed E-state index contributed by atoms with van der Waals surface area (Å²) in [6.45, 7) is 3.38. The lowest BCUT2D eigenvalue weighted by atomic mass is 9.94. The number of methoxy groups -OCH3 is 1. The molecule has 0 atom stereocenters. The molecular formula is C12H20N2O2. The lowest BCUT2D eigenvalue weighted by molar-refractivity contribution is -0.0877. The van der Waals surface area contributed by atoms with Crippen LogP contribution in [0, 0.1) is 0 Å². The van der Waals surface area contributed by atoms with Crippen molar-refractivity contribution in [3.63, 3.8) is 0 Å². The molecule has 1 aliphatic heterocycles. The smallest absolute Gasteiger partial charge is 0.0846 e. The second-order valence-electron chi connectivity index (χ2n) is 4.32. The Labute approximate surface area is 96.3 Å². The predicted molar refractivity (Wildman–Crippen MR) is 62.3 cm³/mol. The van der Waals surface area contributed by atoms with Crippen LogP contribution in [-0.2, 0) is 16.0 Å². The fourth-order valence-electron chi connectivity index (χ4n) is 2.10. The monoisotopic (exact) mass is 224 g/mol. The van der Waals surface area contributed by atoms with Crippen molar-refractivity contribution in [3.05, 3.63) is 24.0 Å². The maximum absolute atomic E-state index is 5.65. The summed E-state index contributed by atoms with van der Waals surface area (Å²) in [5.74, 6) is 0. The van der Waals surface area contributed by atoms with E-state index in [1.54, 1.807) is 7.11 Å². The first-order valence-electron chi connectivity index (χ1n) is 5.80. The van der Waals surface area contributed by atoms with Crippen molar-refractivity contribution in [2.45, 2.75) is 25.0 Å². The minimum atomic E-state index is -0.0332. The van der Waals surface area contributed by atoms with E-state index in [0.29, 0.717) is 0 Å². The van der Waals surface area contributed by atoms with Gasteiger partial charge in [-0.1, -0.05) is 0 Å². The third-order valence-corrected chi connectivity index (χ3v) is 3.28. The second kappa shape index (κ2) is 5.48. The molecule has 1 saturated heterocycles. The maximum atomic E-state index is 5.65. The van der Waals surface area contributed by atoms with Gasteiger partial charge in [-0.3, -0.25) is 0 Å². The van der Waals surface area contributed by atoms with Crippen molar-refractivity contribution < 1.29 is 9.47 Å². The molecule has 1 fully saturated rings. The summed E-state index contributed by atoms with van der Waals surface area (Å²) in [4.78, 5) is 3.05. The van der Waals surface area contributed by atoms with Crippen LogP contribution in [0.1, 0.15) is 18.4 Å². The van der Waals surface area contributed by atoms with Crippen molar-refractivity contribution in [2.75, 3.05) is 26.9 Å². The Morgan fingerprint density at radius 3 is 2.94 bits per heavy atom. The quantitative estimate of drug-likeness (QED) is 0.792. The van der Waals surface area contributed by atoms with E-state index in [2.05, 4.69) is 16.4 Å². The Morgan fingerprint density at radius 2 is 2.31 bits per heavy atom. The number of ether oxygens (including phenoxy) is 2. The highest BCUT2D eigenvalue weighted by Gasteiger charge is 2.31. The summed E-state index contributed by atoms with van der Waals surface area (Å²) in [6.07, 6.45) is 5.90. The Kier molecular flexibility index (Phi) is 3.98. The molecule has 1 aromatic heterocycles. The molecule has 0 saturated carbocycles. The van der Waals surface area contributed by atoms with Gasteiger partial charge in [0.2, 0.25) is 0 Å². The highest BCUT2D eigenvalue weighted by Crippen LogP contribution is 2.23. The van der Waals surface area contributed by atoms with E-state index in [9.17, 15) is 0 Å².